The normalized spacial score (nSPS) is 18.3. The van der Waals surface area contributed by atoms with Crippen LogP contribution >= 0.6 is 0 Å². The summed E-state index contributed by atoms with van der Waals surface area (Å²) in [6, 6.07) is 13.9. The molecule has 0 aliphatic carbocycles. The highest BCUT2D eigenvalue weighted by Crippen LogP contribution is 2.34. The summed E-state index contributed by atoms with van der Waals surface area (Å²) >= 11 is 0. The first-order chi connectivity index (χ1) is 16.3. The fourth-order valence-electron chi connectivity index (χ4n) is 4.34. The lowest BCUT2D eigenvalue weighted by Gasteiger charge is -2.46. The predicted molar refractivity (Wildman–Crippen MR) is 128 cm³/mol. The summed E-state index contributed by atoms with van der Waals surface area (Å²) in [4.78, 5) is 46.4. The van der Waals surface area contributed by atoms with Crippen molar-refractivity contribution in [1.29, 1.82) is 0 Å². The Bertz CT molecular complexity index is 1210. The summed E-state index contributed by atoms with van der Waals surface area (Å²) < 4.78 is 1.59. The third kappa shape index (κ3) is 4.54. The van der Waals surface area contributed by atoms with Crippen molar-refractivity contribution in [3.63, 3.8) is 0 Å². The van der Waals surface area contributed by atoms with Crippen molar-refractivity contribution in [2.24, 2.45) is 13.0 Å². The molecule has 4 rings (SSSR count). The molecule has 1 aromatic carbocycles. The largest absolute Gasteiger partial charge is 0.384 e. The fraction of sp³-hybridized carbons (Fsp3) is 0.320. The third-order valence-corrected chi connectivity index (χ3v) is 6.26. The van der Waals surface area contributed by atoms with E-state index in [1.165, 1.54) is 4.90 Å². The zero-order valence-corrected chi connectivity index (χ0v) is 19.5. The monoisotopic (exact) mass is 460 g/mol. The van der Waals surface area contributed by atoms with Crippen molar-refractivity contribution in [1.82, 2.24) is 19.7 Å². The number of pyridine rings is 1. The van der Waals surface area contributed by atoms with Crippen molar-refractivity contribution in [2.45, 2.75) is 31.7 Å². The lowest BCUT2D eigenvalue weighted by atomic mass is 9.80. The van der Waals surface area contributed by atoms with Crippen LogP contribution in [0.15, 0.2) is 60.9 Å². The minimum Gasteiger partial charge on any atom is -0.384 e. The SMILES string of the molecule is C[C@@H](CC(=O)N1C(=O)[C@H](Cc2ccnc(N)c2)[C@H]1C(=O)N(C)c1ccn(C)n1)c1ccccc1. The minimum atomic E-state index is -0.913. The first kappa shape index (κ1) is 23.2. The molecule has 3 aromatic rings. The van der Waals surface area contributed by atoms with Crippen molar-refractivity contribution in [3.8, 4) is 0 Å². The van der Waals surface area contributed by atoms with Gasteiger partial charge in [0.25, 0.3) is 5.91 Å². The lowest BCUT2D eigenvalue weighted by molar-refractivity contribution is -0.170. The highest BCUT2D eigenvalue weighted by molar-refractivity contribution is 6.12. The molecule has 3 atom stereocenters. The standard InChI is InChI=1S/C25H28N6O3/c1-16(18-7-5-4-6-8-18)13-22(32)31-23(25(34)30(3)21-10-12-29(2)28-21)19(24(31)33)14-17-9-11-27-20(26)15-17/h4-12,15-16,19,23H,13-14H2,1-3H3,(H2,26,27)/t16-,19+,23-/m0/s1. The van der Waals surface area contributed by atoms with E-state index >= 15 is 0 Å². The summed E-state index contributed by atoms with van der Waals surface area (Å²) in [6.07, 6.45) is 3.71. The second-order valence-corrected chi connectivity index (χ2v) is 8.71. The Morgan fingerprint density at radius 2 is 1.91 bits per heavy atom. The van der Waals surface area contributed by atoms with Gasteiger partial charge in [-0.2, -0.15) is 5.10 Å². The molecule has 0 radical (unpaired) electrons. The van der Waals surface area contributed by atoms with Crippen LogP contribution in [0.3, 0.4) is 0 Å². The van der Waals surface area contributed by atoms with Gasteiger partial charge in [0.2, 0.25) is 11.8 Å². The quantitative estimate of drug-likeness (QED) is 0.541. The average Bonchev–Trinajstić information content (AvgIpc) is 3.26. The van der Waals surface area contributed by atoms with E-state index in [9.17, 15) is 14.4 Å². The van der Waals surface area contributed by atoms with Crippen molar-refractivity contribution >= 4 is 29.4 Å². The zero-order valence-electron chi connectivity index (χ0n) is 19.5. The van der Waals surface area contributed by atoms with E-state index in [0.717, 1.165) is 16.0 Å². The topological polar surface area (TPSA) is 114 Å². The van der Waals surface area contributed by atoms with E-state index in [0.29, 0.717) is 11.6 Å². The number of aromatic nitrogens is 3. The summed E-state index contributed by atoms with van der Waals surface area (Å²) in [5, 5.41) is 4.28. The van der Waals surface area contributed by atoms with Crippen LogP contribution in [0.4, 0.5) is 11.6 Å². The van der Waals surface area contributed by atoms with Gasteiger partial charge in [-0.15, -0.1) is 0 Å². The summed E-state index contributed by atoms with van der Waals surface area (Å²) in [5.74, 6) is -1.05. The molecule has 0 bridgehead atoms. The number of hydrogen-bond acceptors (Lipinski definition) is 6. The molecule has 1 fully saturated rings. The number of nitrogens with two attached hydrogens (primary N) is 1. The van der Waals surface area contributed by atoms with Crippen LogP contribution in [0.25, 0.3) is 0 Å². The van der Waals surface area contributed by atoms with Crippen molar-refractivity contribution in [2.75, 3.05) is 17.7 Å². The van der Waals surface area contributed by atoms with E-state index in [2.05, 4.69) is 10.1 Å². The van der Waals surface area contributed by atoms with Gasteiger partial charge in [0, 0.05) is 39.0 Å². The molecule has 0 unspecified atom stereocenters. The van der Waals surface area contributed by atoms with Gasteiger partial charge < -0.3 is 5.73 Å². The van der Waals surface area contributed by atoms with E-state index in [1.807, 2.05) is 37.3 Å². The van der Waals surface area contributed by atoms with Crippen LogP contribution in [0, 0.1) is 5.92 Å². The maximum absolute atomic E-state index is 13.5. The van der Waals surface area contributed by atoms with Crippen LogP contribution in [0.5, 0.6) is 0 Å². The Morgan fingerprint density at radius 1 is 1.18 bits per heavy atom. The van der Waals surface area contributed by atoms with Gasteiger partial charge in [0.05, 0.1) is 5.92 Å². The number of amides is 3. The number of anilines is 2. The van der Waals surface area contributed by atoms with Gasteiger partial charge in [-0.3, -0.25) is 28.9 Å². The molecule has 0 saturated carbocycles. The summed E-state index contributed by atoms with van der Waals surface area (Å²) in [7, 11) is 3.36. The number of rotatable bonds is 7. The predicted octanol–water partition coefficient (Wildman–Crippen LogP) is 2.15. The number of imide groups is 1. The molecule has 3 heterocycles. The van der Waals surface area contributed by atoms with Crippen LogP contribution in [-0.4, -0.2) is 50.5 Å². The van der Waals surface area contributed by atoms with Gasteiger partial charge in [-0.05, 0) is 35.6 Å². The van der Waals surface area contributed by atoms with E-state index in [1.54, 1.807) is 49.4 Å². The number of likely N-dealkylation sites (N-methyl/N-ethyl adjacent to an activating group) is 1. The van der Waals surface area contributed by atoms with Crippen LogP contribution < -0.4 is 10.6 Å². The molecular weight excluding hydrogens is 432 g/mol. The van der Waals surface area contributed by atoms with Gasteiger partial charge in [-0.1, -0.05) is 37.3 Å². The summed E-state index contributed by atoms with van der Waals surface area (Å²) in [5.41, 5.74) is 7.58. The van der Waals surface area contributed by atoms with Crippen LogP contribution in [0.1, 0.15) is 30.4 Å². The first-order valence-electron chi connectivity index (χ1n) is 11.1. The highest BCUT2D eigenvalue weighted by atomic mass is 16.2. The molecule has 1 aliphatic rings. The van der Waals surface area contributed by atoms with Gasteiger partial charge in [0.15, 0.2) is 5.82 Å². The number of hydrogen-bond donors (Lipinski definition) is 1. The van der Waals surface area contributed by atoms with Crippen molar-refractivity contribution in [3.05, 3.63) is 72.1 Å². The Balaban J connectivity index is 1.58. The summed E-state index contributed by atoms with van der Waals surface area (Å²) in [6.45, 7) is 1.94. The number of nitrogens with zero attached hydrogens (tertiary/aromatic N) is 5. The number of nitrogen functional groups attached to an aromatic ring is 1. The Kier molecular flexibility index (Phi) is 6.45. The smallest absolute Gasteiger partial charge is 0.252 e. The fourth-order valence-corrected chi connectivity index (χ4v) is 4.34. The molecule has 34 heavy (non-hydrogen) atoms. The Morgan fingerprint density at radius 3 is 2.56 bits per heavy atom. The molecule has 9 nitrogen and oxygen atoms in total. The Labute approximate surface area is 198 Å². The first-order valence-corrected chi connectivity index (χ1v) is 11.1. The van der Waals surface area contributed by atoms with Gasteiger partial charge in [-0.25, -0.2) is 4.98 Å². The average molecular weight is 461 g/mol. The molecule has 2 N–H and O–H groups in total. The van der Waals surface area contributed by atoms with Gasteiger partial charge in [0.1, 0.15) is 11.9 Å². The number of carbonyl (C=O) groups is 3. The molecule has 176 valence electrons. The number of aryl methyl sites for hydroxylation is 1. The molecule has 1 saturated heterocycles. The Hall–Kier alpha value is -4.01. The van der Waals surface area contributed by atoms with E-state index in [-0.39, 0.29) is 36.5 Å². The number of β-lactam (4-membered cyclic amide) rings is 1. The number of carbonyl (C=O) groups excluding carboxylic acids is 3. The molecular formula is C25H28N6O3. The van der Waals surface area contributed by atoms with E-state index < -0.39 is 12.0 Å². The lowest BCUT2D eigenvalue weighted by Crippen LogP contribution is -2.69. The second-order valence-electron chi connectivity index (χ2n) is 8.71. The highest BCUT2D eigenvalue weighted by Gasteiger charge is 2.55. The minimum absolute atomic E-state index is 0.0928. The maximum Gasteiger partial charge on any atom is 0.252 e. The maximum atomic E-state index is 13.5. The molecule has 0 spiro atoms. The van der Waals surface area contributed by atoms with Crippen LogP contribution in [-0.2, 0) is 27.9 Å². The zero-order chi connectivity index (χ0) is 24.4. The van der Waals surface area contributed by atoms with Gasteiger partial charge >= 0.3 is 0 Å². The molecule has 2 aromatic heterocycles. The second kappa shape index (κ2) is 9.46. The van der Waals surface area contributed by atoms with E-state index in [4.69, 9.17) is 5.73 Å². The number of benzene rings is 1. The van der Waals surface area contributed by atoms with Crippen LogP contribution in [0.2, 0.25) is 0 Å². The molecule has 9 heteroatoms. The number of likely N-dealkylation sites (tertiary alicyclic amines) is 1. The molecule has 1 aliphatic heterocycles. The molecule has 3 amide bonds. The van der Waals surface area contributed by atoms with Crippen molar-refractivity contribution < 1.29 is 14.4 Å². The third-order valence-electron chi connectivity index (χ3n) is 6.26.